The summed E-state index contributed by atoms with van der Waals surface area (Å²) in [5.41, 5.74) is 1.85. The largest absolute Gasteiger partial charge is 0.488 e. The minimum atomic E-state index is -1.51. The highest BCUT2D eigenvalue weighted by molar-refractivity contribution is 6.58. The quantitative estimate of drug-likeness (QED) is 0.557. The summed E-state index contributed by atoms with van der Waals surface area (Å²) in [4.78, 5) is 13.1. The van der Waals surface area contributed by atoms with Crippen LogP contribution in [0.4, 0.5) is 0 Å². The molecule has 5 heteroatoms. The summed E-state index contributed by atoms with van der Waals surface area (Å²) in [5.74, 6) is -0.0671. The summed E-state index contributed by atoms with van der Waals surface area (Å²) >= 11 is 0. The monoisotopic (exact) mass is 191 g/mol. The highest BCUT2D eigenvalue weighted by Crippen LogP contribution is 2.19. The second-order valence-electron chi connectivity index (χ2n) is 3.45. The van der Waals surface area contributed by atoms with Crippen LogP contribution in [0.2, 0.25) is 0 Å². The van der Waals surface area contributed by atoms with E-state index in [4.69, 9.17) is 10.0 Å². The highest BCUT2D eigenvalue weighted by atomic mass is 16.4. The molecule has 0 spiro atoms. The third-order valence-corrected chi connectivity index (χ3v) is 2.42. The van der Waals surface area contributed by atoms with Crippen molar-refractivity contribution in [2.24, 2.45) is 0 Å². The maximum Gasteiger partial charge on any atom is 0.488 e. The minimum Gasteiger partial charge on any atom is -0.423 e. The van der Waals surface area contributed by atoms with Gasteiger partial charge >= 0.3 is 7.12 Å². The number of fused-ring (bicyclic) bond motifs is 1. The normalized spacial score (nSPS) is 14.5. The van der Waals surface area contributed by atoms with Gasteiger partial charge in [-0.3, -0.25) is 4.79 Å². The number of rotatable bonds is 1. The van der Waals surface area contributed by atoms with E-state index in [2.05, 4.69) is 0 Å². The van der Waals surface area contributed by atoms with E-state index in [1.807, 2.05) is 0 Å². The van der Waals surface area contributed by atoms with Gasteiger partial charge in [0.1, 0.15) is 0 Å². The summed E-state index contributed by atoms with van der Waals surface area (Å²) in [5, 5.41) is 17.9. The molecule has 1 aliphatic heterocycles. The van der Waals surface area contributed by atoms with Crippen LogP contribution in [0.3, 0.4) is 0 Å². The van der Waals surface area contributed by atoms with E-state index < -0.39 is 7.12 Å². The first kappa shape index (κ1) is 9.24. The molecule has 4 nitrogen and oxygen atoms in total. The van der Waals surface area contributed by atoms with Gasteiger partial charge in [0.2, 0.25) is 0 Å². The number of carbonyl (C=O) groups is 1. The number of benzene rings is 1. The summed E-state index contributed by atoms with van der Waals surface area (Å²) in [6, 6.07) is 4.91. The third-order valence-electron chi connectivity index (χ3n) is 2.42. The van der Waals surface area contributed by atoms with Crippen LogP contribution in [0.25, 0.3) is 0 Å². The highest BCUT2D eigenvalue weighted by Gasteiger charge is 2.25. The average Bonchev–Trinajstić information content (AvgIpc) is 2.43. The van der Waals surface area contributed by atoms with Gasteiger partial charge in [-0.15, -0.1) is 0 Å². The Morgan fingerprint density at radius 1 is 1.43 bits per heavy atom. The lowest BCUT2D eigenvalue weighted by atomic mass is 9.79. The van der Waals surface area contributed by atoms with Crippen molar-refractivity contribution in [3.63, 3.8) is 0 Å². The zero-order valence-corrected chi connectivity index (χ0v) is 7.77. The van der Waals surface area contributed by atoms with Crippen LogP contribution in [-0.4, -0.2) is 35.0 Å². The molecule has 2 rings (SSSR count). The Morgan fingerprint density at radius 2 is 2.14 bits per heavy atom. The van der Waals surface area contributed by atoms with Crippen molar-refractivity contribution in [3.8, 4) is 0 Å². The number of nitrogens with zero attached hydrogens (tertiary/aromatic N) is 1. The number of hydrogen-bond acceptors (Lipinski definition) is 3. The molecule has 14 heavy (non-hydrogen) atoms. The van der Waals surface area contributed by atoms with Crippen LogP contribution in [-0.2, 0) is 6.54 Å². The van der Waals surface area contributed by atoms with Gasteiger partial charge in [-0.25, -0.2) is 0 Å². The van der Waals surface area contributed by atoms with Gasteiger partial charge in [0, 0.05) is 19.2 Å². The molecule has 0 saturated heterocycles. The molecule has 0 atom stereocenters. The van der Waals surface area contributed by atoms with E-state index in [0.717, 1.165) is 5.56 Å². The molecule has 0 fully saturated rings. The summed E-state index contributed by atoms with van der Waals surface area (Å²) in [6.07, 6.45) is 0. The zero-order valence-electron chi connectivity index (χ0n) is 7.77. The molecule has 0 aromatic heterocycles. The Labute approximate surface area is 81.9 Å². The molecule has 0 aliphatic carbocycles. The molecule has 1 aromatic carbocycles. The van der Waals surface area contributed by atoms with Gasteiger partial charge in [0.05, 0.1) is 0 Å². The maximum absolute atomic E-state index is 11.5. The molecule has 0 unspecified atom stereocenters. The Morgan fingerprint density at radius 3 is 2.79 bits per heavy atom. The van der Waals surface area contributed by atoms with Crippen LogP contribution in [0.15, 0.2) is 18.2 Å². The molecule has 2 N–H and O–H groups in total. The third kappa shape index (κ3) is 1.30. The smallest absolute Gasteiger partial charge is 0.423 e. The fourth-order valence-electron chi connectivity index (χ4n) is 1.62. The maximum atomic E-state index is 11.5. The molecule has 0 radical (unpaired) electrons. The molecule has 1 amide bonds. The predicted octanol–water partition coefficient (Wildman–Crippen LogP) is -1.05. The van der Waals surface area contributed by atoms with E-state index in [9.17, 15) is 4.79 Å². The fourth-order valence-corrected chi connectivity index (χ4v) is 1.62. The van der Waals surface area contributed by atoms with Gasteiger partial charge in [-0.1, -0.05) is 12.1 Å². The lowest BCUT2D eigenvalue weighted by Gasteiger charge is -2.04. The molecule has 0 bridgehead atoms. The Balaban J connectivity index is 2.46. The van der Waals surface area contributed by atoms with Gasteiger partial charge in [-0.05, 0) is 17.1 Å². The van der Waals surface area contributed by atoms with Gasteiger partial charge in [0.15, 0.2) is 0 Å². The van der Waals surface area contributed by atoms with Crippen molar-refractivity contribution in [1.82, 2.24) is 4.90 Å². The van der Waals surface area contributed by atoms with E-state index in [1.54, 1.807) is 24.1 Å². The van der Waals surface area contributed by atoms with Gasteiger partial charge < -0.3 is 14.9 Å². The molecular weight excluding hydrogens is 181 g/mol. The molecule has 1 aliphatic rings. The van der Waals surface area contributed by atoms with Crippen LogP contribution in [0, 0.1) is 0 Å². The summed E-state index contributed by atoms with van der Waals surface area (Å²) < 4.78 is 0. The Kier molecular flexibility index (Phi) is 2.05. The average molecular weight is 191 g/mol. The van der Waals surface area contributed by atoms with E-state index >= 15 is 0 Å². The first-order valence-electron chi connectivity index (χ1n) is 4.34. The first-order chi connectivity index (χ1) is 6.59. The van der Waals surface area contributed by atoms with Crippen molar-refractivity contribution in [2.75, 3.05) is 7.05 Å². The molecule has 0 saturated carbocycles. The minimum absolute atomic E-state index is 0.0671. The molecular formula is C9H10BNO3. The van der Waals surface area contributed by atoms with Crippen molar-refractivity contribution in [1.29, 1.82) is 0 Å². The van der Waals surface area contributed by atoms with E-state index in [1.165, 1.54) is 6.07 Å². The van der Waals surface area contributed by atoms with Crippen molar-refractivity contribution < 1.29 is 14.8 Å². The Hall–Kier alpha value is -1.33. The zero-order chi connectivity index (χ0) is 10.3. The lowest BCUT2D eigenvalue weighted by Crippen LogP contribution is -2.30. The van der Waals surface area contributed by atoms with Crippen LogP contribution in [0.1, 0.15) is 15.9 Å². The second kappa shape index (κ2) is 3.11. The second-order valence-corrected chi connectivity index (χ2v) is 3.45. The molecule has 1 aromatic rings. The molecule has 72 valence electrons. The lowest BCUT2D eigenvalue weighted by molar-refractivity contribution is 0.0816. The van der Waals surface area contributed by atoms with Crippen LogP contribution in [0.5, 0.6) is 0 Å². The fraction of sp³-hybridized carbons (Fsp3) is 0.222. The van der Waals surface area contributed by atoms with Crippen LogP contribution < -0.4 is 5.46 Å². The van der Waals surface area contributed by atoms with E-state index in [0.29, 0.717) is 17.6 Å². The first-order valence-corrected chi connectivity index (χ1v) is 4.34. The molecule has 1 heterocycles. The number of carbonyl (C=O) groups excluding carboxylic acids is 1. The number of amides is 1. The predicted molar refractivity (Wildman–Crippen MR) is 52.1 cm³/mol. The van der Waals surface area contributed by atoms with Crippen LogP contribution >= 0.6 is 0 Å². The van der Waals surface area contributed by atoms with Gasteiger partial charge in [-0.2, -0.15) is 0 Å². The number of hydrogen-bond donors (Lipinski definition) is 2. The topological polar surface area (TPSA) is 60.8 Å². The SMILES string of the molecule is CN1Cc2ccc(B(O)O)cc2C1=O. The standard InChI is InChI=1S/C9H10BNO3/c1-11-5-6-2-3-7(10(13)14)4-8(6)9(11)12/h2-4,13-14H,5H2,1H3. The van der Waals surface area contributed by atoms with Crippen molar-refractivity contribution >= 4 is 18.5 Å². The Bertz CT molecular complexity index is 392. The van der Waals surface area contributed by atoms with E-state index in [-0.39, 0.29) is 5.91 Å². The van der Waals surface area contributed by atoms with Crippen molar-refractivity contribution in [2.45, 2.75) is 6.54 Å². The van der Waals surface area contributed by atoms with Crippen molar-refractivity contribution in [3.05, 3.63) is 29.3 Å². The summed E-state index contributed by atoms with van der Waals surface area (Å²) in [6.45, 7) is 0.593. The van der Waals surface area contributed by atoms with Gasteiger partial charge in [0.25, 0.3) is 5.91 Å². The summed E-state index contributed by atoms with van der Waals surface area (Å²) in [7, 11) is 0.205.